The van der Waals surface area contributed by atoms with E-state index in [4.69, 9.17) is 5.73 Å². The number of fused-ring (bicyclic) bond motifs is 1. The summed E-state index contributed by atoms with van der Waals surface area (Å²) in [6.07, 6.45) is 8.74. The van der Waals surface area contributed by atoms with Gasteiger partial charge in [-0.1, -0.05) is 30.9 Å². The Morgan fingerprint density at radius 3 is 3.00 bits per heavy atom. The molecule has 2 aromatic heterocycles. The highest BCUT2D eigenvalue weighted by molar-refractivity contribution is 7.09. The third kappa shape index (κ3) is 3.57. The number of amides is 2. The van der Waals surface area contributed by atoms with E-state index < -0.39 is 5.41 Å². The van der Waals surface area contributed by atoms with Crippen molar-refractivity contribution in [1.82, 2.24) is 15.6 Å². The number of hydrogen-bond acceptors (Lipinski definition) is 5. The molecule has 4 rings (SSSR count). The van der Waals surface area contributed by atoms with E-state index in [1.807, 2.05) is 24.4 Å². The van der Waals surface area contributed by atoms with Crippen molar-refractivity contribution in [2.45, 2.75) is 32.2 Å². The van der Waals surface area contributed by atoms with Gasteiger partial charge in [0, 0.05) is 29.1 Å². The van der Waals surface area contributed by atoms with Crippen molar-refractivity contribution in [1.29, 1.82) is 0 Å². The average Bonchev–Trinajstić information content (AvgIpc) is 3.39. The van der Waals surface area contributed by atoms with Crippen LogP contribution in [0.5, 0.6) is 0 Å². The standard InChI is InChI=1S/C23H24N4O2S/c1-3-4-7-18-20(24)27-22(29)23(18)11-15-10-19(25-13-16(15)12-23)21(28)26-14(2)9-17-6-5-8-30-17/h3-8,10,13-14H,1,9,11-12,24H2,2H3,(H,26,28)(H,27,29)/b7-4-. The molecule has 2 atom stereocenters. The van der Waals surface area contributed by atoms with Crippen LogP contribution < -0.4 is 16.4 Å². The molecule has 1 aliphatic carbocycles. The smallest absolute Gasteiger partial charge is 0.270 e. The van der Waals surface area contributed by atoms with E-state index in [0.29, 0.717) is 24.4 Å². The third-order valence-electron chi connectivity index (χ3n) is 5.65. The summed E-state index contributed by atoms with van der Waals surface area (Å²) in [6, 6.07) is 5.86. The topological polar surface area (TPSA) is 97.1 Å². The zero-order chi connectivity index (χ0) is 21.3. The van der Waals surface area contributed by atoms with Gasteiger partial charge in [0.15, 0.2) is 0 Å². The summed E-state index contributed by atoms with van der Waals surface area (Å²) in [4.78, 5) is 31.1. The highest BCUT2D eigenvalue weighted by atomic mass is 32.1. The lowest BCUT2D eigenvalue weighted by atomic mass is 9.78. The molecule has 0 saturated heterocycles. The highest BCUT2D eigenvalue weighted by Crippen LogP contribution is 2.46. The Morgan fingerprint density at radius 2 is 2.27 bits per heavy atom. The number of nitrogens with zero attached hydrogens (tertiary/aromatic N) is 1. The fourth-order valence-corrected chi connectivity index (χ4v) is 5.05. The predicted molar refractivity (Wildman–Crippen MR) is 118 cm³/mol. The van der Waals surface area contributed by atoms with Crippen LogP contribution in [0.1, 0.15) is 33.4 Å². The van der Waals surface area contributed by atoms with Gasteiger partial charge in [0.1, 0.15) is 11.5 Å². The van der Waals surface area contributed by atoms with Gasteiger partial charge < -0.3 is 16.4 Å². The fourth-order valence-electron chi connectivity index (χ4n) is 4.22. The Balaban J connectivity index is 1.52. The molecule has 7 heteroatoms. The molecule has 2 unspecified atom stereocenters. The Labute approximate surface area is 179 Å². The summed E-state index contributed by atoms with van der Waals surface area (Å²) in [5, 5.41) is 7.80. The number of carbonyl (C=O) groups excluding carboxylic acids is 2. The van der Waals surface area contributed by atoms with E-state index in [2.05, 4.69) is 28.3 Å². The Kier molecular flexibility index (Phi) is 5.30. The lowest BCUT2D eigenvalue weighted by Crippen LogP contribution is -2.35. The van der Waals surface area contributed by atoms with Crippen molar-refractivity contribution in [3.63, 3.8) is 0 Å². The number of carbonyl (C=O) groups is 2. The van der Waals surface area contributed by atoms with Crippen molar-refractivity contribution >= 4 is 23.2 Å². The van der Waals surface area contributed by atoms with E-state index in [9.17, 15) is 9.59 Å². The SMILES string of the molecule is C=C/C=C\C1=C(N)NC(=O)C12Cc1cnc(C(=O)NC(C)Cc3cccs3)cc1C2. The second kappa shape index (κ2) is 7.91. The van der Waals surface area contributed by atoms with Gasteiger partial charge in [-0.2, -0.15) is 0 Å². The van der Waals surface area contributed by atoms with E-state index in [0.717, 1.165) is 23.1 Å². The molecule has 0 bridgehead atoms. The molecule has 3 heterocycles. The molecule has 154 valence electrons. The minimum absolute atomic E-state index is 0.00321. The van der Waals surface area contributed by atoms with Gasteiger partial charge in [0.25, 0.3) is 5.91 Å². The molecule has 0 fully saturated rings. The number of thiophene rings is 1. The van der Waals surface area contributed by atoms with E-state index >= 15 is 0 Å². The number of nitrogens with two attached hydrogens (primary N) is 1. The van der Waals surface area contributed by atoms with Crippen LogP contribution in [-0.4, -0.2) is 22.8 Å². The quantitative estimate of drug-likeness (QED) is 0.626. The average molecular weight is 421 g/mol. The minimum atomic E-state index is -0.755. The molecule has 30 heavy (non-hydrogen) atoms. The van der Waals surface area contributed by atoms with Crippen LogP contribution in [0, 0.1) is 5.41 Å². The van der Waals surface area contributed by atoms with Crippen LogP contribution in [-0.2, 0) is 24.1 Å². The molecule has 2 amide bonds. The second-order valence-electron chi connectivity index (χ2n) is 7.81. The van der Waals surface area contributed by atoms with Crippen LogP contribution >= 0.6 is 11.3 Å². The van der Waals surface area contributed by atoms with Crippen LogP contribution in [0.4, 0.5) is 0 Å². The molecule has 0 saturated carbocycles. The van der Waals surface area contributed by atoms with Gasteiger partial charge >= 0.3 is 0 Å². The normalized spacial score (nSPS) is 21.2. The Bertz CT molecular complexity index is 1070. The molecule has 0 radical (unpaired) electrons. The Morgan fingerprint density at radius 1 is 1.47 bits per heavy atom. The van der Waals surface area contributed by atoms with Crippen LogP contribution in [0.2, 0.25) is 0 Å². The fraction of sp³-hybridized carbons (Fsp3) is 0.261. The molecule has 0 aromatic carbocycles. The molecule has 2 aliphatic rings. The van der Waals surface area contributed by atoms with Crippen molar-refractivity contribution in [3.05, 3.63) is 87.7 Å². The first kappa shape index (κ1) is 20.1. The number of allylic oxidation sites excluding steroid dienone is 3. The van der Waals surface area contributed by atoms with Gasteiger partial charge in [-0.25, -0.2) is 0 Å². The number of pyridine rings is 1. The van der Waals surface area contributed by atoms with E-state index in [1.54, 1.807) is 35.8 Å². The predicted octanol–water partition coefficient (Wildman–Crippen LogP) is 2.63. The lowest BCUT2D eigenvalue weighted by Gasteiger charge is -2.21. The first-order chi connectivity index (χ1) is 14.4. The summed E-state index contributed by atoms with van der Waals surface area (Å²) in [5.41, 5.74) is 8.36. The second-order valence-corrected chi connectivity index (χ2v) is 8.84. The molecular weight excluding hydrogens is 396 g/mol. The van der Waals surface area contributed by atoms with Crippen molar-refractivity contribution in [2.24, 2.45) is 11.1 Å². The lowest BCUT2D eigenvalue weighted by molar-refractivity contribution is -0.126. The van der Waals surface area contributed by atoms with Crippen molar-refractivity contribution in [2.75, 3.05) is 0 Å². The maximum absolute atomic E-state index is 12.8. The van der Waals surface area contributed by atoms with E-state index in [-0.39, 0.29) is 17.9 Å². The van der Waals surface area contributed by atoms with Crippen molar-refractivity contribution in [3.8, 4) is 0 Å². The first-order valence-electron chi connectivity index (χ1n) is 9.85. The molecule has 6 nitrogen and oxygen atoms in total. The zero-order valence-corrected chi connectivity index (χ0v) is 17.6. The van der Waals surface area contributed by atoms with Crippen LogP contribution in [0.15, 0.2) is 66.0 Å². The summed E-state index contributed by atoms with van der Waals surface area (Å²) in [5.74, 6) is 0.0511. The summed E-state index contributed by atoms with van der Waals surface area (Å²) in [6.45, 7) is 5.67. The highest BCUT2D eigenvalue weighted by Gasteiger charge is 2.51. The molecule has 1 spiro atoms. The number of rotatable bonds is 6. The van der Waals surface area contributed by atoms with Gasteiger partial charge in [-0.3, -0.25) is 14.6 Å². The number of nitrogens with one attached hydrogen (secondary N) is 2. The summed E-state index contributed by atoms with van der Waals surface area (Å²) < 4.78 is 0. The van der Waals surface area contributed by atoms with Gasteiger partial charge in [0.05, 0.1) is 5.41 Å². The van der Waals surface area contributed by atoms with Gasteiger partial charge in [-0.05, 0) is 48.4 Å². The van der Waals surface area contributed by atoms with Gasteiger partial charge in [0.2, 0.25) is 5.91 Å². The largest absolute Gasteiger partial charge is 0.385 e. The third-order valence-corrected chi connectivity index (χ3v) is 6.55. The molecule has 1 aliphatic heterocycles. The van der Waals surface area contributed by atoms with Crippen molar-refractivity contribution < 1.29 is 9.59 Å². The summed E-state index contributed by atoms with van der Waals surface area (Å²) >= 11 is 1.68. The van der Waals surface area contributed by atoms with Crippen LogP contribution in [0.3, 0.4) is 0 Å². The molecule has 4 N–H and O–H groups in total. The van der Waals surface area contributed by atoms with Crippen LogP contribution in [0.25, 0.3) is 0 Å². The maximum atomic E-state index is 12.8. The Hall–Kier alpha value is -3.19. The monoisotopic (exact) mass is 420 g/mol. The number of aromatic nitrogens is 1. The molecular formula is C23H24N4O2S. The number of hydrogen-bond donors (Lipinski definition) is 3. The van der Waals surface area contributed by atoms with E-state index in [1.165, 1.54) is 4.88 Å². The zero-order valence-electron chi connectivity index (χ0n) is 16.8. The first-order valence-corrected chi connectivity index (χ1v) is 10.7. The minimum Gasteiger partial charge on any atom is -0.385 e. The molecule has 2 aromatic rings. The summed E-state index contributed by atoms with van der Waals surface area (Å²) in [7, 11) is 0. The van der Waals surface area contributed by atoms with Gasteiger partial charge in [-0.15, -0.1) is 11.3 Å². The maximum Gasteiger partial charge on any atom is 0.270 e.